The molecule has 0 aliphatic carbocycles. The van der Waals surface area contributed by atoms with Gasteiger partial charge in [-0.25, -0.2) is 0 Å². The van der Waals surface area contributed by atoms with Gasteiger partial charge in [0.25, 0.3) is 0 Å². The first-order chi connectivity index (χ1) is 8.86. The van der Waals surface area contributed by atoms with Gasteiger partial charge >= 0.3 is 4.61 Å². The van der Waals surface area contributed by atoms with Crippen molar-refractivity contribution in [1.82, 2.24) is 9.80 Å². The molecule has 110 valence electrons. The molecule has 1 aliphatic rings. The second-order valence-corrected chi connectivity index (χ2v) is 5.80. The standard InChI is InChI=1S/C12H22BrN3O3/c1-5-15(7-10-6-9(2)19-8-10)12(14(3)4)11(13)16(17)18/h9-10H,5-8H2,1-4H3. The zero-order valence-corrected chi connectivity index (χ0v) is 13.5. The van der Waals surface area contributed by atoms with Crippen molar-refractivity contribution in [1.29, 1.82) is 0 Å². The minimum Gasteiger partial charge on any atom is -0.378 e. The third-order valence-electron chi connectivity index (χ3n) is 3.21. The first-order valence-electron chi connectivity index (χ1n) is 6.44. The van der Waals surface area contributed by atoms with Gasteiger partial charge in [0, 0.05) is 49.0 Å². The Balaban J connectivity index is 2.86. The molecule has 0 aromatic rings. The van der Waals surface area contributed by atoms with Crippen molar-refractivity contribution in [2.24, 2.45) is 5.92 Å². The minimum absolute atomic E-state index is 0.00585. The third-order valence-corrected chi connectivity index (χ3v) is 3.85. The van der Waals surface area contributed by atoms with Crippen LogP contribution in [0.4, 0.5) is 0 Å². The number of hydrogen-bond donors (Lipinski definition) is 0. The molecule has 0 N–H and O–H groups in total. The van der Waals surface area contributed by atoms with Gasteiger partial charge in [-0.05, 0) is 20.3 Å². The molecule has 0 spiro atoms. The second kappa shape index (κ2) is 7.09. The van der Waals surface area contributed by atoms with Gasteiger partial charge in [-0.15, -0.1) is 0 Å². The quantitative estimate of drug-likeness (QED) is 0.422. The summed E-state index contributed by atoms with van der Waals surface area (Å²) in [5, 5.41) is 11.0. The zero-order chi connectivity index (χ0) is 14.6. The number of halogens is 1. The number of nitrogens with zero attached hydrogens (tertiary/aromatic N) is 3. The summed E-state index contributed by atoms with van der Waals surface area (Å²) in [6.45, 7) is 6.29. The van der Waals surface area contributed by atoms with Crippen LogP contribution in [0.2, 0.25) is 0 Å². The molecule has 0 aromatic heterocycles. The van der Waals surface area contributed by atoms with Gasteiger partial charge in [-0.1, -0.05) is 0 Å². The van der Waals surface area contributed by atoms with Gasteiger partial charge in [0.1, 0.15) is 0 Å². The minimum atomic E-state index is -0.397. The molecule has 0 amide bonds. The lowest BCUT2D eigenvalue weighted by molar-refractivity contribution is -0.412. The molecule has 2 unspecified atom stereocenters. The predicted molar refractivity (Wildman–Crippen MR) is 77.4 cm³/mol. The topological polar surface area (TPSA) is 58.9 Å². The Morgan fingerprint density at radius 2 is 2.16 bits per heavy atom. The number of nitro groups is 1. The summed E-state index contributed by atoms with van der Waals surface area (Å²) in [4.78, 5) is 14.4. The van der Waals surface area contributed by atoms with Gasteiger partial charge in [0.15, 0.2) is 5.82 Å². The van der Waals surface area contributed by atoms with Gasteiger partial charge in [0.05, 0.1) is 17.6 Å². The van der Waals surface area contributed by atoms with Crippen LogP contribution in [0.25, 0.3) is 0 Å². The fourth-order valence-electron chi connectivity index (χ4n) is 2.39. The summed E-state index contributed by atoms with van der Waals surface area (Å²) in [6, 6.07) is 0. The van der Waals surface area contributed by atoms with Crippen molar-refractivity contribution >= 4 is 15.9 Å². The van der Waals surface area contributed by atoms with E-state index in [0.29, 0.717) is 11.7 Å². The van der Waals surface area contributed by atoms with Crippen molar-refractivity contribution < 1.29 is 9.66 Å². The van der Waals surface area contributed by atoms with E-state index in [4.69, 9.17) is 4.74 Å². The highest BCUT2D eigenvalue weighted by atomic mass is 79.9. The SMILES string of the molecule is CCN(CC1COC(C)C1)C(=C(Br)[N+](=O)[O-])N(C)C. The maximum absolute atomic E-state index is 11.0. The molecule has 0 aromatic carbocycles. The number of hydrogen-bond acceptors (Lipinski definition) is 5. The molecular weight excluding hydrogens is 314 g/mol. The summed E-state index contributed by atoms with van der Waals surface area (Å²) in [7, 11) is 3.63. The Bertz CT molecular complexity index is 360. The van der Waals surface area contributed by atoms with Crippen molar-refractivity contribution in [3.63, 3.8) is 0 Å². The van der Waals surface area contributed by atoms with Crippen LogP contribution >= 0.6 is 15.9 Å². The van der Waals surface area contributed by atoms with Crippen LogP contribution in [-0.2, 0) is 4.74 Å². The maximum Gasteiger partial charge on any atom is 0.350 e. The molecule has 0 saturated carbocycles. The van der Waals surface area contributed by atoms with Crippen LogP contribution in [0.15, 0.2) is 10.4 Å². The summed E-state index contributed by atoms with van der Waals surface area (Å²) in [5.74, 6) is 1.03. The van der Waals surface area contributed by atoms with E-state index in [2.05, 4.69) is 22.9 Å². The summed E-state index contributed by atoms with van der Waals surface area (Å²) in [6.07, 6.45) is 1.29. The maximum atomic E-state index is 11.0. The van der Waals surface area contributed by atoms with E-state index in [-0.39, 0.29) is 10.7 Å². The first kappa shape index (κ1) is 16.2. The molecule has 19 heavy (non-hydrogen) atoms. The van der Waals surface area contributed by atoms with Gasteiger partial charge < -0.3 is 14.5 Å². The van der Waals surface area contributed by atoms with E-state index in [1.165, 1.54) is 0 Å². The first-order valence-corrected chi connectivity index (χ1v) is 7.24. The van der Waals surface area contributed by atoms with Crippen LogP contribution in [0, 0.1) is 16.0 Å². The van der Waals surface area contributed by atoms with Crippen LogP contribution < -0.4 is 0 Å². The van der Waals surface area contributed by atoms with Crippen LogP contribution in [-0.4, -0.2) is 54.6 Å². The lowest BCUT2D eigenvalue weighted by Gasteiger charge is -2.31. The lowest BCUT2D eigenvalue weighted by atomic mass is 10.1. The Morgan fingerprint density at radius 1 is 1.53 bits per heavy atom. The Labute approximate surface area is 122 Å². The fraction of sp³-hybridized carbons (Fsp3) is 0.833. The summed E-state index contributed by atoms with van der Waals surface area (Å²) in [5.41, 5.74) is 0. The average molecular weight is 336 g/mol. The fourth-order valence-corrected chi connectivity index (χ4v) is 2.99. The van der Waals surface area contributed by atoms with Gasteiger partial charge in [0.2, 0.25) is 0 Å². The van der Waals surface area contributed by atoms with Crippen molar-refractivity contribution in [2.75, 3.05) is 33.8 Å². The highest BCUT2D eigenvalue weighted by Crippen LogP contribution is 2.24. The molecule has 0 bridgehead atoms. The van der Waals surface area contributed by atoms with E-state index < -0.39 is 4.92 Å². The predicted octanol–water partition coefficient (Wildman–Crippen LogP) is 2.09. The van der Waals surface area contributed by atoms with Crippen LogP contribution in [0.3, 0.4) is 0 Å². The van der Waals surface area contributed by atoms with E-state index in [9.17, 15) is 10.1 Å². The van der Waals surface area contributed by atoms with Gasteiger partial charge in [-0.2, -0.15) is 0 Å². The van der Waals surface area contributed by atoms with E-state index in [0.717, 1.165) is 26.1 Å². The van der Waals surface area contributed by atoms with Crippen molar-refractivity contribution in [3.8, 4) is 0 Å². The van der Waals surface area contributed by atoms with Gasteiger partial charge in [-0.3, -0.25) is 10.1 Å². The van der Waals surface area contributed by atoms with E-state index >= 15 is 0 Å². The zero-order valence-electron chi connectivity index (χ0n) is 11.9. The molecule has 1 rings (SSSR count). The molecule has 2 atom stereocenters. The van der Waals surface area contributed by atoms with Crippen molar-refractivity contribution in [2.45, 2.75) is 26.4 Å². The summed E-state index contributed by atoms with van der Waals surface area (Å²) < 4.78 is 5.56. The second-order valence-electron chi connectivity index (χ2n) is 5.05. The highest BCUT2D eigenvalue weighted by Gasteiger charge is 2.28. The largest absolute Gasteiger partial charge is 0.378 e. The molecule has 7 heteroatoms. The highest BCUT2D eigenvalue weighted by molar-refractivity contribution is 9.11. The smallest absolute Gasteiger partial charge is 0.350 e. The number of ether oxygens (including phenoxy) is 1. The Kier molecular flexibility index (Phi) is 6.06. The lowest BCUT2D eigenvalue weighted by Crippen LogP contribution is -2.36. The molecule has 1 aliphatic heterocycles. The third kappa shape index (κ3) is 4.35. The van der Waals surface area contributed by atoms with Crippen LogP contribution in [0.5, 0.6) is 0 Å². The normalized spacial score (nSPS) is 24.1. The van der Waals surface area contributed by atoms with E-state index in [1.807, 2.05) is 25.9 Å². The molecule has 1 fully saturated rings. The molecule has 6 nitrogen and oxygen atoms in total. The van der Waals surface area contributed by atoms with Crippen molar-refractivity contribution in [3.05, 3.63) is 20.5 Å². The van der Waals surface area contributed by atoms with E-state index in [1.54, 1.807) is 4.90 Å². The Hall–Kier alpha value is -0.820. The monoisotopic (exact) mass is 335 g/mol. The molecular formula is C12H22BrN3O3. The molecule has 1 heterocycles. The average Bonchev–Trinajstić information content (AvgIpc) is 2.73. The molecule has 0 radical (unpaired) electrons. The molecule has 1 saturated heterocycles. The summed E-state index contributed by atoms with van der Waals surface area (Å²) >= 11 is 3.08. The Morgan fingerprint density at radius 3 is 2.53 bits per heavy atom. The number of rotatable bonds is 6. The van der Waals surface area contributed by atoms with Crippen LogP contribution in [0.1, 0.15) is 20.3 Å².